The lowest BCUT2D eigenvalue weighted by Crippen LogP contribution is -2.24. The Labute approximate surface area is 114 Å². The highest BCUT2D eigenvalue weighted by Gasteiger charge is 2.27. The molecule has 3 unspecified atom stereocenters. The summed E-state index contributed by atoms with van der Waals surface area (Å²) in [5.74, 6) is 0.0705. The van der Waals surface area contributed by atoms with Crippen molar-refractivity contribution in [3.8, 4) is 0 Å². The molecule has 1 aromatic carbocycles. The highest BCUT2D eigenvalue weighted by atomic mass is 19.1. The Hall–Kier alpha value is -1.13. The molecule has 0 spiro atoms. The average Bonchev–Trinajstić information content (AvgIpc) is 2.87. The number of rotatable bonds is 4. The van der Waals surface area contributed by atoms with Crippen molar-refractivity contribution in [3.05, 3.63) is 29.6 Å². The largest absolute Gasteiger partial charge is 0.393 e. The minimum atomic E-state index is -0.323. The number of halogens is 1. The molecule has 1 fully saturated rings. The Kier molecular flexibility index (Phi) is 4.42. The number of nitrogens with one attached hydrogen (secondary N) is 1. The molecule has 3 atom stereocenters. The average molecular weight is 266 g/mol. The van der Waals surface area contributed by atoms with Gasteiger partial charge in [-0.05, 0) is 45.0 Å². The molecule has 0 saturated carbocycles. The van der Waals surface area contributed by atoms with Gasteiger partial charge in [0.25, 0.3) is 0 Å². The Morgan fingerprint density at radius 3 is 2.68 bits per heavy atom. The molecular formula is C15H23FN2O. The topological polar surface area (TPSA) is 35.5 Å². The summed E-state index contributed by atoms with van der Waals surface area (Å²) in [4.78, 5) is 2.03. The molecule has 0 aromatic heterocycles. The van der Waals surface area contributed by atoms with E-state index in [9.17, 15) is 9.50 Å². The molecule has 0 bridgehead atoms. The Balaban J connectivity index is 2.14. The van der Waals surface area contributed by atoms with Gasteiger partial charge >= 0.3 is 0 Å². The predicted molar refractivity (Wildman–Crippen MR) is 75.9 cm³/mol. The van der Waals surface area contributed by atoms with Gasteiger partial charge in [0.15, 0.2) is 0 Å². The van der Waals surface area contributed by atoms with Crippen LogP contribution in [-0.2, 0) is 0 Å². The first-order valence-electron chi connectivity index (χ1n) is 6.92. The van der Waals surface area contributed by atoms with E-state index in [1.165, 1.54) is 0 Å². The van der Waals surface area contributed by atoms with Crippen molar-refractivity contribution in [2.24, 2.45) is 5.92 Å². The normalized spacial score (nSPS) is 22.6. The maximum atomic E-state index is 14.2. The Morgan fingerprint density at radius 1 is 1.42 bits per heavy atom. The quantitative estimate of drug-likeness (QED) is 0.878. The second kappa shape index (κ2) is 5.88. The van der Waals surface area contributed by atoms with Crippen LogP contribution < -0.4 is 10.2 Å². The lowest BCUT2D eigenvalue weighted by molar-refractivity contribution is 0.136. The lowest BCUT2D eigenvalue weighted by Gasteiger charge is -2.21. The Morgan fingerprint density at radius 2 is 2.16 bits per heavy atom. The summed E-state index contributed by atoms with van der Waals surface area (Å²) in [6.45, 7) is 5.36. The molecule has 4 heteroatoms. The molecule has 1 aromatic rings. The fourth-order valence-electron chi connectivity index (χ4n) is 2.62. The number of aliphatic hydroxyl groups excluding tert-OH is 1. The first-order valence-corrected chi connectivity index (χ1v) is 6.92. The van der Waals surface area contributed by atoms with Crippen LogP contribution in [0.5, 0.6) is 0 Å². The van der Waals surface area contributed by atoms with Gasteiger partial charge in [-0.2, -0.15) is 0 Å². The molecule has 0 radical (unpaired) electrons. The maximum Gasteiger partial charge on any atom is 0.146 e. The third-order valence-corrected chi connectivity index (χ3v) is 4.15. The van der Waals surface area contributed by atoms with Gasteiger partial charge in [-0.3, -0.25) is 0 Å². The van der Waals surface area contributed by atoms with E-state index in [0.29, 0.717) is 5.69 Å². The summed E-state index contributed by atoms with van der Waals surface area (Å²) in [5, 5.41) is 12.7. The third kappa shape index (κ3) is 3.07. The lowest BCUT2D eigenvalue weighted by atomic mass is 10.0. The van der Waals surface area contributed by atoms with Crippen LogP contribution in [0.25, 0.3) is 0 Å². The zero-order valence-corrected chi connectivity index (χ0v) is 11.9. The van der Waals surface area contributed by atoms with Crippen LogP contribution in [0.4, 0.5) is 10.1 Å². The molecule has 0 aliphatic carbocycles. The number of benzene rings is 1. The monoisotopic (exact) mass is 266 g/mol. The first-order chi connectivity index (χ1) is 9.02. The highest BCUT2D eigenvalue weighted by Crippen LogP contribution is 2.29. The van der Waals surface area contributed by atoms with E-state index in [1.807, 2.05) is 37.9 Å². The van der Waals surface area contributed by atoms with Crippen molar-refractivity contribution in [1.29, 1.82) is 0 Å². The van der Waals surface area contributed by atoms with Gasteiger partial charge < -0.3 is 15.3 Å². The van der Waals surface area contributed by atoms with Gasteiger partial charge in [0, 0.05) is 25.0 Å². The van der Waals surface area contributed by atoms with E-state index in [-0.39, 0.29) is 23.9 Å². The fourth-order valence-corrected chi connectivity index (χ4v) is 2.62. The minimum Gasteiger partial charge on any atom is -0.393 e. The summed E-state index contributed by atoms with van der Waals surface area (Å²) in [5.41, 5.74) is 1.60. The zero-order valence-electron chi connectivity index (χ0n) is 11.9. The van der Waals surface area contributed by atoms with E-state index in [4.69, 9.17) is 0 Å². The minimum absolute atomic E-state index is 0.146. The summed E-state index contributed by atoms with van der Waals surface area (Å²) < 4.78 is 14.2. The van der Waals surface area contributed by atoms with Gasteiger partial charge in [-0.15, -0.1) is 0 Å². The molecule has 19 heavy (non-hydrogen) atoms. The van der Waals surface area contributed by atoms with Crippen molar-refractivity contribution in [3.63, 3.8) is 0 Å². The van der Waals surface area contributed by atoms with E-state index in [2.05, 4.69) is 5.32 Å². The molecular weight excluding hydrogens is 243 g/mol. The smallest absolute Gasteiger partial charge is 0.146 e. The molecule has 1 heterocycles. The summed E-state index contributed by atoms with van der Waals surface area (Å²) in [7, 11) is 1.87. The molecule has 2 rings (SSSR count). The third-order valence-electron chi connectivity index (χ3n) is 4.15. The van der Waals surface area contributed by atoms with Crippen LogP contribution in [0.2, 0.25) is 0 Å². The SMILES string of the molecule is CNC(C)c1ccc(N2CCC(C(C)O)C2)c(F)c1. The summed E-state index contributed by atoms with van der Waals surface area (Å²) in [6.07, 6.45) is 0.600. The number of hydrogen-bond acceptors (Lipinski definition) is 3. The van der Waals surface area contributed by atoms with Gasteiger partial charge in [-0.1, -0.05) is 6.07 Å². The predicted octanol–water partition coefficient (Wildman–Crippen LogP) is 2.31. The zero-order chi connectivity index (χ0) is 14.0. The van der Waals surface area contributed by atoms with Gasteiger partial charge in [-0.25, -0.2) is 4.39 Å². The molecule has 1 aliphatic heterocycles. The highest BCUT2D eigenvalue weighted by molar-refractivity contribution is 5.50. The second-order valence-electron chi connectivity index (χ2n) is 5.46. The van der Waals surface area contributed by atoms with Gasteiger partial charge in [0.1, 0.15) is 5.82 Å². The maximum absolute atomic E-state index is 14.2. The van der Waals surface area contributed by atoms with E-state index >= 15 is 0 Å². The second-order valence-corrected chi connectivity index (χ2v) is 5.46. The molecule has 0 amide bonds. The van der Waals surface area contributed by atoms with Gasteiger partial charge in [0.05, 0.1) is 11.8 Å². The van der Waals surface area contributed by atoms with Crippen LogP contribution in [0.3, 0.4) is 0 Å². The molecule has 1 saturated heterocycles. The Bertz CT molecular complexity index is 436. The molecule has 1 aliphatic rings. The van der Waals surface area contributed by atoms with Crippen molar-refractivity contribution < 1.29 is 9.50 Å². The van der Waals surface area contributed by atoms with Crippen LogP contribution in [0, 0.1) is 11.7 Å². The van der Waals surface area contributed by atoms with Crippen LogP contribution in [0.15, 0.2) is 18.2 Å². The summed E-state index contributed by atoms with van der Waals surface area (Å²) >= 11 is 0. The van der Waals surface area contributed by atoms with E-state index in [1.54, 1.807) is 6.07 Å². The van der Waals surface area contributed by atoms with Crippen molar-refractivity contribution in [2.75, 3.05) is 25.0 Å². The molecule has 2 N–H and O–H groups in total. The number of aliphatic hydroxyl groups is 1. The molecule has 106 valence electrons. The number of nitrogens with zero attached hydrogens (tertiary/aromatic N) is 1. The van der Waals surface area contributed by atoms with Crippen molar-refractivity contribution >= 4 is 5.69 Å². The van der Waals surface area contributed by atoms with Crippen LogP contribution in [-0.4, -0.2) is 31.3 Å². The number of hydrogen-bond donors (Lipinski definition) is 2. The van der Waals surface area contributed by atoms with Crippen molar-refractivity contribution in [1.82, 2.24) is 5.32 Å². The van der Waals surface area contributed by atoms with Crippen LogP contribution >= 0.6 is 0 Å². The van der Waals surface area contributed by atoms with E-state index < -0.39 is 0 Å². The number of anilines is 1. The summed E-state index contributed by atoms with van der Waals surface area (Å²) in [6, 6.07) is 5.57. The fraction of sp³-hybridized carbons (Fsp3) is 0.600. The first kappa shape index (κ1) is 14.3. The van der Waals surface area contributed by atoms with E-state index in [0.717, 1.165) is 25.1 Å². The van der Waals surface area contributed by atoms with Gasteiger partial charge in [0.2, 0.25) is 0 Å². The van der Waals surface area contributed by atoms with Crippen molar-refractivity contribution in [2.45, 2.75) is 32.4 Å². The van der Waals surface area contributed by atoms with Crippen LogP contribution in [0.1, 0.15) is 31.9 Å². The standard InChI is InChI=1S/C15H23FN2O/c1-10(17-3)12-4-5-15(14(16)8-12)18-7-6-13(9-18)11(2)19/h4-5,8,10-11,13,17,19H,6-7,9H2,1-3H3. The molecule has 3 nitrogen and oxygen atoms in total.